The van der Waals surface area contributed by atoms with Crippen LogP contribution in [0.25, 0.3) is 16.9 Å². The highest BCUT2D eigenvalue weighted by molar-refractivity contribution is 6.08. The van der Waals surface area contributed by atoms with Gasteiger partial charge in [0.25, 0.3) is 5.91 Å². The molecule has 1 N–H and O–H groups in total. The van der Waals surface area contributed by atoms with Gasteiger partial charge in [0.1, 0.15) is 17.2 Å². The fraction of sp³-hybridized carbons (Fsp3) is 0.120. The molecule has 0 saturated heterocycles. The van der Waals surface area contributed by atoms with Gasteiger partial charge in [0, 0.05) is 17.4 Å². The quantitative estimate of drug-likeness (QED) is 0.452. The molecule has 0 aliphatic rings. The summed E-state index contributed by atoms with van der Waals surface area (Å²) in [5.41, 5.74) is 3.45. The van der Waals surface area contributed by atoms with E-state index in [1.807, 2.05) is 85.8 Å². The molecule has 6 heteroatoms. The van der Waals surface area contributed by atoms with Crippen molar-refractivity contribution < 1.29 is 14.3 Å². The van der Waals surface area contributed by atoms with Crippen LogP contribution < -0.4 is 14.8 Å². The van der Waals surface area contributed by atoms with Crippen LogP contribution in [-0.4, -0.2) is 29.4 Å². The van der Waals surface area contributed by atoms with Crippen molar-refractivity contribution in [2.45, 2.75) is 6.92 Å². The second kappa shape index (κ2) is 9.17. The number of aromatic nitrogens is 2. The van der Waals surface area contributed by atoms with Crippen LogP contribution in [-0.2, 0) is 0 Å². The molecule has 156 valence electrons. The van der Waals surface area contributed by atoms with Gasteiger partial charge in [-0.1, -0.05) is 18.2 Å². The topological polar surface area (TPSA) is 65.4 Å². The maximum absolute atomic E-state index is 13.2. The van der Waals surface area contributed by atoms with Crippen molar-refractivity contribution in [1.82, 2.24) is 9.78 Å². The van der Waals surface area contributed by atoms with E-state index in [0.29, 0.717) is 23.6 Å². The molecule has 6 nitrogen and oxygen atoms in total. The third-order valence-corrected chi connectivity index (χ3v) is 4.77. The minimum Gasteiger partial charge on any atom is -0.497 e. The highest BCUT2D eigenvalue weighted by atomic mass is 16.5. The Morgan fingerprint density at radius 1 is 0.935 bits per heavy atom. The van der Waals surface area contributed by atoms with Crippen molar-refractivity contribution >= 4 is 11.6 Å². The average Bonchev–Trinajstić information content (AvgIpc) is 3.27. The Hall–Kier alpha value is -4.06. The fourth-order valence-corrected chi connectivity index (χ4v) is 3.21. The molecule has 0 atom stereocenters. The third-order valence-electron chi connectivity index (χ3n) is 4.77. The molecule has 4 aromatic rings. The molecule has 0 spiro atoms. The van der Waals surface area contributed by atoms with Crippen LogP contribution in [0.15, 0.2) is 85.1 Å². The molecular formula is C25H23N3O3. The normalized spacial score (nSPS) is 10.5. The van der Waals surface area contributed by atoms with E-state index in [-0.39, 0.29) is 5.91 Å². The fourth-order valence-electron chi connectivity index (χ4n) is 3.21. The lowest BCUT2D eigenvalue weighted by Crippen LogP contribution is -2.12. The number of carbonyl (C=O) groups excluding carboxylic acids is 1. The summed E-state index contributed by atoms with van der Waals surface area (Å²) in [7, 11) is 1.62. The number of para-hydroxylation sites is 1. The largest absolute Gasteiger partial charge is 0.497 e. The van der Waals surface area contributed by atoms with Crippen molar-refractivity contribution in [3.63, 3.8) is 0 Å². The Kier molecular flexibility index (Phi) is 5.98. The van der Waals surface area contributed by atoms with E-state index in [1.165, 1.54) is 0 Å². The Balaban J connectivity index is 1.68. The number of rotatable bonds is 7. The molecular weight excluding hydrogens is 390 g/mol. The number of carbonyl (C=O) groups is 1. The molecule has 0 saturated carbocycles. The predicted octanol–water partition coefficient (Wildman–Crippen LogP) is 5.20. The van der Waals surface area contributed by atoms with Crippen LogP contribution in [0.3, 0.4) is 0 Å². The van der Waals surface area contributed by atoms with Gasteiger partial charge in [-0.25, -0.2) is 4.68 Å². The summed E-state index contributed by atoms with van der Waals surface area (Å²) >= 11 is 0. The van der Waals surface area contributed by atoms with Gasteiger partial charge in [-0.3, -0.25) is 4.79 Å². The van der Waals surface area contributed by atoms with Crippen molar-refractivity contribution in [1.29, 1.82) is 0 Å². The first kappa shape index (κ1) is 20.2. The molecule has 0 aliphatic carbocycles. The van der Waals surface area contributed by atoms with Gasteiger partial charge < -0.3 is 14.8 Å². The molecule has 0 fully saturated rings. The lowest BCUT2D eigenvalue weighted by atomic mass is 10.1. The highest BCUT2D eigenvalue weighted by Gasteiger charge is 2.19. The number of amides is 1. The van der Waals surface area contributed by atoms with E-state index < -0.39 is 0 Å². The van der Waals surface area contributed by atoms with Gasteiger partial charge in [0.05, 0.1) is 25.0 Å². The monoisotopic (exact) mass is 413 g/mol. The predicted molar refractivity (Wildman–Crippen MR) is 121 cm³/mol. The van der Waals surface area contributed by atoms with E-state index in [4.69, 9.17) is 14.6 Å². The average molecular weight is 413 g/mol. The van der Waals surface area contributed by atoms with E-state index in [9.17, 15) is 4.79 Å². The Labute approximate surface area is 181 Å². The lowest BCUT2D eigenvalue weighted by molar-refractivity contribution is 0.102. The number of methoxy groups -OCH3 is 1. The van der Waals surface area contributed by atoms with Crippen LogP contribution >= 0.6 is 0 Å². The number of hydrogen-bond acceptors (Lipinski definition) is 4. The number of anilines is 1. The summed E-state index contributed by atoms with van der Waals surface area (Å²) in [5, 5.41) is 7.65. The molecule has 0 radical (unpaired) electrons. The zero-order valence-electron chi connectivity index (χ0n) is 17.4. The number of ether oxygens (including phenoxy) is 2. The first-order valence-electron chi connectivity index (χ1n) is 10.0. The molecule has 0 bridgehead atoms. The first-order valence-corrected chi connectivity index (χ1v) is 10.0. The SMILES string of the molecule is CCOc1ccc(NC(=O)c2cn(-c3ccccc3)nc2-c2ccc(OC)cc2)cc1. The summed E-state index contributed by atoms with van der Waals surface area (Å²) < 4.78 is 12.4. The summed E-state index contributed by atoms with van der Waals surface area (Å²) in [6.07, 6.45) is 1.75. The van der Waals surface area contributed by atoms with Crippen molar-refractivity contribution in [3.8, 4) is 28.4 Å². The standard InChI is InChI=1S/C25H23N3O3/c1-3-31-22-15-11-19(12-16-22)26-25(29)23-17-28(20-7-5-4-6-8-20)27-24(23)18-9-13-21(30-2)14-10-18/h4-17H,3H2,1-2H3,(H,26,29). The van der Waals surface area contributed by atoms with Crippen molar-refractivity contribution in [2.24, 2.45) is 0 Å². The van der Waals surface area contributed by atoms with E-state index in [2.05, 4.69) is 5.32 Å². The molecule has 31 heavy (non-hydrogen) atoms. The third kappa shape index (κ3) is 4.59. The second-order valence-electron chi connectivity index (χ2n) is 6.81. The maximum Gasteiger partial charge on any atom is 0.259 e. The summed E-state index contributed by atoms with van der Waals surface area (Å²) in [4.78, 5) is 13.2. The van der Waals surface area contributed by atoms with Crippen LogP contribution in [0.2, 0.25) is 0 Å². The first-order chi connectivity index (χ1) is 15.2. The number of hydrogen-bond donors (Lipinski definition) is 1. The summed E-state index contributed by atoms with van der Waals surface area (Å²) in [5.74, 6) is 1.26. The van der Waals surface area contributed by atoms with Gasteiger partial charge in [-0.15, -0.1) is 0 Å². The second-order valence-corrected chi connectivity index (χ2v) is 6.81. The molecule has 0 unspecified atom stereocenters. The van der Waals surface area contributed by atoms with Crippen LogP contribution in [0.4, 0.5) is 5.69 Å². The molecule has 1 aromatic heterocycles. The molecule has 3 aromatic carbocycles. The van der Waals surface area contributed by atoms with Gasteiger partial charge in [-0.05, 0) is 67.6 Å². The minimum absolute atomic E-state index is 0.239. The molecule has 1 heterocycles. The summed E-state index contributed by atoms with van der Waals surface area (Å²) in [6.45, 7) is 2.52. The van der Waals surface area contributed by atoms with E-state index >= 15 is 0 Å². The number of nitrogens with one attached hydrogen (secondary N) is 1. The van der Waals surface area contributed by atoms with Gasteiger partial charge >= 0.3 is 0 Å². The van der Waals surface area contributed by atoms with Crippen LogP contribution in [0.1, 0.15) is 17.3 Å². The van der Waals surface area contributed by atoms with Crippen molar-refractivity contribution in [3.05, 3.63) is 90.6 Å². The Bertz CT molecular complexity index is 1150. The Morgan fingerprint density at radius 3 is 2.26 bits per heavy atom. The van der Waals surface area contributed by atoms with E-state index in [1.54, 1.807) is 18.0 Å². The van der Waals surface area contributed by atoms with Gasteiger partial charge in [0.2, 0.25) is 0 Å². The van der Waals surface area contributed by atoms with Crippen molar-refractivity contribution in [2.75, 3.05) is 19.0 Å². The molecule has 0 aliphatic heterocycles. The molecule has 4 rings (SSSR count). The molecule has 1 amide bonds. The maximum atomic E-state index is 13.2. The summed E-state index contributed by atoms with van der Waals surface area (Å²) in [6, 6.07) is 24.5. The van der Waals surface area contributed by atoms with Crippen LogP contribution in [0, 0.1) is 0 Å². The number of nitrogens with zero attached hydrogens (tertiary/aromatic N) is 2. The Morgan fingerprint density at radius 2 is 1.61 bits per heavy atom. The highest BCUT2D eigenvalue weighted by Crippen LogP contribution is 2.27. The zero-order chi connectivity index (χ0) is 21.6. The zero-order valence-corrected chi connectivity index (χ0v) is 17.4. The van der Waals surface area contributed by atoms with Gasteiger partial charge in [0.15, 0.2) is 0 Å². The lowest BCUT2D eigenvalue weighted by Gasteiger charge is -2.07. The van der Waals surface area contributed by atoms with Crippen LogP contribution in [0.5, 0.6) is 11.5 Å². The van der Waals surface area contributed by atoms with E-state index in [0.717, 1.165) is 22.7 Å². The van der Waals surface area contributed by atoms with Gasteiger partial charge in [-0.2, -0.15) is 5.10 Å². The minimum atomic E-state index is -0.239. The smallest absolute Gasteiger partial charge is 0.259 e. The number of benzene rings is 3.